The van der Waals surface area contributed by atoms with E-state index in [1.807, 2.05) is 24.3 Å². The molecule has 0 atom stereocenters. The van der Waals surface area contributed by atoms with Crippen LogP contribution in [0.2, 0.25) is 5.02 Å². The number of rotatable bonds is 5. The zero-order valence-corrected chi connectivity index (χ0v) is 13.4. The molecular formula is C17H14ClN5O. The largest absolute Gasteiger partial charge is 0.347 e. The average Bonchev–Trinajstić information content (AvgIpc) is 2.61. The lowest BCUT2D eigenvalue weighted by atomic mass is 10.3. The molecule has 0 saturated heterocycles. The van der Waals surface area contributed by atoms with Crippen LogP contribution >= 0.6 is 11.6 Å². The van der Waals surface area contributed by atoms with Crippen LogP contribution in [0, 0.1) is 0 Å². The molecule has 0 radical (unpaired) electrons. The maximum absolute atomic E-state index is 12.2. The molecule has 0 aliphatic carbocycles. The number of nitrogens with one attached hydrogen (secondary N) is 2. The Hall–Kier alpha value is -2.99. The first-order chi connectivity index (χ1) is 11.7. The number of halogens is 1. The van der Waals surface area contributed by atoms with E-state index in [1.165, 1.54) is 6.20 Å². The molecule has 2 N–H and O–H groups in total. The first kappa shape index (κ1) is 15.9. The predicted octanol–water partition coefficient (Wildman–Crippen LogP) is 3.20. The van der Waals surface area contributed by atoms with Crippen LogP contribution in [0.1, 0.15) is 16.1 Å². The topological polar surface area (TPSA) is 79.8 Å². The molecule has 3 rings (SSSR count). The lowest BCUT2D eigenvalue weighted by Gasteiger charge is -2.07. The molecule has 1 amide bonds. The first-order valence-electron chi connectivity index (χ1n) is 7.23. The summed E-state index contributed by atoms with van der Waals surface area (Å²) < 4.78 is 0. The van der Waals surface area contributed by atoms with Crippen LogP contribution in [-0.4, -0.2) is 20.9 Å². The quantitative estimate of drug-likeness (QED) is 0.746. The summed E-state index contributed by atoms with van der Waals surface area (Å²) in [5, 5.41) is 6.42. The van der Waals surface area contributed by atoms with Crippen molar-refractivity contribution >= 4 is 29.1 Å². The van der Waals surface area contributed by atoms with Gasteiger partial charge in [-0.05, 0) is 35.9 Å². The molecule has 0 spiro atoms. The van der Waals surface area contributed by atoms with Crippen molar-refractivity contribution in [2.24, 2.45) is 0 Å². The van der Waals surface area contributed by atoms with Gasteiger partial charge < -0.3 is 10.6 Å². The second kappa shape index (κ2) is 7.52. The van der Waals surface area contributed by atoms with Crippen LogP contribution in [0.25, 0.3) is 0 Å². The van der Waals surface area contributed by atoms with Crippen molar-refractivity contribution in [1.82, 2.24) is 20.3 Å². The Labute approximate surface area is 143 Å². The molecule has 2 heterocycles. The van der Waals surface area contributed by atoms with Gasteiger partial charge in [0.25, 0.3) is 5.91 Å². The van der Waals surface area contributed by atoms with Gasteiger partial charge in [0.05, 0.1) is 0 Å². The summed E-state index contributed by atoms with van der Waals surface area (Å²) in [7, 11) is 0. The molecule has 3 aromatic rings. The number of amides is 1. The van der Waals surface area contributed by atoms with E-state index in [-0.39, 0.29) is 11.6 Å². The zero-order valence-electron chi connectivity index (χ0n) is 12.6. The molecule has 2 aromatic heterocycles. The summed E-state index contributed by atoms with van der Waals surface area (Å²) in [6.45, 7) is 0.383. The second-order valence-corrected chi connectivity index (χ2v) is 5.38. The highest BCUT2D eigenvalue weighted by atomic mass is 35.5. The minimum absolute atomic E-state index is 0.276. The van der Waals surface area contributed by atoms with Crippen LogP contribution in [0.5, 0.6) is 0 Å². The van der Waals surface area contributed by atoms with Gasteiger partial charge in [-0.1, -0.05) is 23.7 Å². The monoisotopic (exact) mass is 339 g/mol. The van der Waals surface area contributed by atoms with Crippen molar-refractivity contribution in [3.63, 3.8) is 0 Å². The molecular weight excluding hydrogens is 326 g/mol. The fourth-order valence-electron chi connectivity index (χ4n) is 2.02. The lowest BCUT2D eigenvalue weighted by molar-refractivity contribution is 0.0946. The van der Waals surface area contributed by atoms with Crippen molar-refractivity contribution in [1.29, 1.82) is 0 Å². The summed E-state index contributed by atoms with van der Waals surface area (Å²) in [6, 6.07) is 12.4. The summed E-state index contributed by atoms with van der Waals surface area (Å²) in [5.41, 5.74) is 1.94. The fourth-order valence-corrected chi connectivity index (χ4v) is 2.21. The Balaban J connectivity index is 1.67. The van der Waals surface area contributed by atoms with Crippen molar-refractivity contribution in [3.8, 4) is 0 Å². The van der Waals surface area contributed by atoms with Gasteiger partial charge in [-0.15, -0.1) is 0 Å². The first-order valence-corrected chi connectivity index (χ1v) is 7.61. The fraction of sp³-hybridized carbons (Fsp3) is 0.0588. The molecule has 24 heavy (non-hydrogen) atoms. The van der Waals surface area contributed by atoms with Gasteiger partial charge in [0.1, 0.15) is 5.69 Å². The molecule has 6 nitrogen and oxygen atoms in total. The number of nitrogens with zero attached hydrogens (tertiary/aromatic N) is 3. The maximum atomic E-state index is 12.2. The normalized spacial score (nSPS) is 10.2. The van der Waals surface area contributed by atoms with Gasteiger partial charge in [-0.3, -0.25) is 9.78 Å². The van der Waals surface area contributed by atoms with Crippen LogP contribution < -0.4 is 10.6 Å². The SMILES string of the molecule is O=C(NCc1cccnc1)c1ccnc(Nc2cccc(Cl)c2)n1. The summed E-state index contributed by atoms with van der Waals surface area (Å²) in [4.78, 5) is 24.5. The molecule has 0 aliphatic heterocycles. The Bertz CT molecular complexity index is 841. The highest BCUT2D eigenvalue weighted by Gasteiger charge is 2.09. The molecule has 1 aromatic carbocycles. The third-order valence-electron chi connectivity index (χ3n) is 3.14. The minimum atomic E-state index is -0.282. The van der Waals surface area contributed by atoms with E-state index in [1.54, 1.807) is 30.6 Å². The Morgan fingerprint density at radius 2 is 2.04 bits per heavy atom. The summed E-state index contributed by atoms with van der Waals surface area (Å²) >= 11 is 5.94. The van der Waals surface area contributed by atoms with Gasteiger partial charge in [0, 0.05) is 35.8 Å². The third kappa shape index (κ3) is 4.27. The molecule has 120 valence electrons. The van der Waals surface area contributed by atoms with E-state index in [0.717, 1.165) is 11.3 Å². The minimum Gasteiger partial charge on any atom is -0.347 e. The van der Waals surface area contributed by atoms with Crippen molar-refractivity contribution in [2.45, 2.75) is 6.54 Å². The van der Waals surface area contributed by atoms with E-state index >= 15 is 0 Å². The van der Waals surface area contributed by atoms with E-state index in [9.17, 15) is 4.79 Å². The van der Waals surface area contributed by atoms with Crippen LogP contribution in [-0.2, 0) is 6.54 Å². The van der Waals surface area contributed by atoms with Gasteiger partial charge in [-0.2, -0.15) is 0 Å². The molecule has 7 heteroatoms. The second-order valence-electron chi connectivity index (χ2n) is 4.94. The lowest BCUT2D eigenvalue weighted by Crippen LogP contribution is -2.24. The van der Waals surface area contributed by atoms with Gasteiger partial charge in [0.2, 0.25) is 5.95 Å². The van der Waals surface area contributed by atoms with Gasteiger partial charge in [0.15, 0.2) is 0 Å². The number of aromatic nitrogens is 3. The number of hydrogen-bond donors (Lipinski definition) is 2. The van der Waals surface area contributed by atoms with Gasteiger partial charge in [-0.25, -0.2) is 9.97 Å². The standard InChI is InChI=1S/C17H14ClN5O/c18-13-4-1-5-14(9-13)22-17-20-8-6-15(23-17)16(24)21-11-12-3-2-7-19-10-12/h1-10H,11H2,(H,21,24)(H,20,22,23). The molecule has 0 bridgehead atoms. The zero-order chi connectivity index (χ0) is 16.8. The van der Waals surface area contributed by atoms with Crippen LogP contribution in [0.15, 0.2) is 61.1 Å². The number of benzene rings is 1. The van der Waals surface area contributed by atoms with Crippen molar-refractivity contribution in [2.75, 3.05) is 5.32 Å². The highest BCUT2D eigenvalue weighted by Crippen LogP contribution is 2.17. The van der Waals surface area contributed by atoms with Crippen LogP contribution in [0.4, 0.5) is 11.6 Å². The van der Waals surface area contributed by atoms with E-state index in [4.69, 9.17) is 11.6 Å². The maximum Gasteiger partial charge on any atom is 0.270 e. The Morgan fingerprint density at radius 3 is 2.83 bits per heavy atom. The average molecular weight is 340 g/mol. The van der Waals surface area contributed by atoms with E-state index < -0.39 is 0 Å². The van der Waals surface area contributed by atoms with Crippen molar-refractivity contribution in [3.05, 3.63) is 77.3 Å². The number of carbonyl (C=O) groups is 1. The highest BCUT2D eigenvalue weighted by molar-refractivity contribution is 6.30. The molecule has 0 unspecified atom stereocenters. The van der Waals surface area contributed by atoms with Gasteiger partial charge >= 0.3 is 0 Å². The smallest absolute Gasteiger partial charge is 0.270 e. The summed E-state index contributed by atoms with van der Waals surface area (Å²) in [6.07, 6.45) is 4.91. The molecule has 0 saturated carbocycles. The number of anilines is 2. The predicted molar refractivity (Wildman–Crippen MR) is 92.2 cm³/mol. The number of pyridine rings is 1. The summed E-state index contributed by atoms with van der Waals surface area (Å²) in [5.74, 6) is 0.0432. The van der Waals surface area contributed by atoms with Crippen LogP contribution in [0.3, 0.4) is 0 Å². The number of carbonyl (C=O) groups excluding carboxylic acids is 1. The van der Waals surface area contributed by atoms with E-state index in [2.05, 4.69) is 25.6 Å². The van der Waals surface area contributed by atoms with E-state index in [0.29, 0.717) is 17.5 Å². The third-order valence-corrected chi connectivity index (χ3v) is 3.38. The Morgan fingerprint density at radius 1 is 1.12 bits per heavy atom. The molecule has 0 aliphatic rings. The van der Waals surface area contributed by atoms with Crippen molar-refractivity contribution < 1.29 is 4.79 Å². The number of hydrogen-bond acceptors (Lipinski definition) is 5. The molecule has 0 fully saturated rings. The Kier molecular flexibility index (Phi) is 4.98.